The monoisotopic (exact) mass is 265 g/mol. The van der Waals surface area contributed by atoms with E-state index in [1.165, 1.54) is 25.0 Å². The zero-order valence-electron chi connectivity index (χ0n) is 10.3. The van der Waals surface area contributed by atoms with Gasteiger partial charge in [-0.3, -0.25) is 0 Å². The molecule has 1 saturated carbocycles. The van der Waals surface area contributed by atoms with Crippen molar-refractivity contribution in [3.05, 3.63) is 17.7 Å². The molecule has 1 aromatic rings. The Kier molecular flexibility index (Phi) is 3.03. The van der Waals surface area contributed by atoms with Gasteiger partial charge >= 0.3 is 7.80 Å². The van der Waals surface area contributed by atoms with Gasteiger partial charge in [0, 0.05) is 5.92 Å². The van der Waals surface area contributed by atoms with Gasteiger partial charge in [0.2, 0.25) is 5.30 Å². The van der Waals surface area contributed by atoms with Crippen molar-refractivity contribution >= 4 is 13.1 Å². The minimum Gasteiger partial charge on any atom is -0.507 e. The van der Waals surface area contributed by atoms with Crippen LogP contribution in [0.3, 0.4) is 0 Å². The zero-order valence-corrected chi connectivity index (χ0v) is 11.2. The molecule has 2 aliphatic rings. The smallest absolute Gasteiger partial charge is 0.385 e. The highest BCUT2D eigenvalue weighted by Crippen LogP contribution is 2.55. The van der Waals surface area contributed by atoms with Crippen molar-refractivity contribution in [3.63, 3.8) is 0 Å². The van der Waals surface area contributed by atoms with Crippen LogP contribution in [0, 0.1) is 0 Å². The van der Waals surface area contributed by atoms with Crippen molar-refractivity contribution in [1.82, 2.24) is 0 Å². The maximum Gasteiger partial charge on any atom is 0.385 e. The summed E-state index contributed by atoms with van der Waals surface area (Å²) in [6, 6.07) is 2.99. The number of hydrogen-bond acceptors (Lipinski definition) is 3. The lowest BCUT2D eigenvalue weighted by Gasteiger charge is -2.17. The molecule has 4 heteroatoms. The van der Waals surface area contributed by atoms with Crippen LogP contribution >= 0.6 is 7.80 Å². The Bertz CT molecular complexity index is 498. The number of hydrogen-bond donors (Lipinski definition) is 2. The van der Waals surface area contributed by atoms with Crippen molar-refractivity contribution in [1.29, 1.82) is 0 Å². The Labute approximate surface area is 108 Å². The van der Waals surface area contributed by atoms with Crippen LogP contribution in [0.1, 0.15) is 50.0 Å². The van der Waals surface area contributed by atoms with Gasteiger partial charge in [0.05, 0.1) is 5.56 Å². The molecule has 0 spiro atoms. The third-order valence-electron chi connectivity index (χ3n) is 4.29. The predicted octanol–water partition coefficient (Wildman–Crippen LogP) is 3.37. The number of aromatic hydroxyl groups is 2. The number of rotatable bonds is 0. The molecule has 1 aliphatic carbocycles. The fourth-order valence-electron chi connectivity index (χ4n) is 3.43. The van der Waals surface area contributed by atoms with Gasteiger partial charge in [-0.15, -0.1) is 0 Å². The minimum atomic E-state index is -1.56. The van der Waals surface area contributed by atoms with E-state index in [9.17, 15) is 14.8 Å². The number of phenolic OH excluding ortho intramolecular Hbond substituents is 2. The average molecular weight is 265 g/mol. The first-order valence-corrected chi connectivity index (χ1v) is 8.04. The van der Waals surface area contributed by atoms with Crippen molar-refractivity contribution in [2.75, 3.05) is 0 Å². The second-order valence-electron chi connectivity index (χ2n) is 5.36. The second kappa shape index (κ2) is 4.55. The summed E-state index contributed by atoms with van der Waals surface area (Å²) in [5.74, 6) is 0.478. The van der Waals surface area contributed by atoms with Crippen LogP contribution in [0.2, 0.25) is 0 Å². The van der Waals surface area contributed by atoms with Gasteiger partial charge < -0.3 is 10.2 Å². The molecular weight excluding hydrogens is 247 g/mol. The third kappa shape index (κ3) is 1.73. The average Bonchev–Trinajstić information content (AvgIpc) is 2.58. The van der Waals surface area contributed by atoms with E-state index in [0.29, 0.717) is 5.30 Å². The first-order valence-electron chi connectivity index (χ1n) is 6.71. The highest BCUT2D eigenvalue weighted by Gasteiger charge is 2.52. The molecular formula is C14H18O3P+. The van der Waals surface area contributed by atoms with Gasteiger partial charge in [-0.05, 0) is 31.4 Å². The molecule has 0 aromatic heterocycles. The second-order valence-corrected chi connectivity index (χ2v) is 7.12. The molecule has 3 unspecified atom stereocenters. The Morgan fingerprint density at radius 3 is 2.44 bits per heavy atom. The first-order chi connectivity index (χ1) is 8.70. The molecule has 1 heterocycles. The normalized spacial score (nSPS) is 29.2. The number of phenols is 2. The lowest BCUT2D eigenvalue weighted by Crippen LogP contribution is -2.12. The summed E-state index contributed by atoms with van der Waals surface area (Å²) in [7, 11) is -1.56. The zero-order chi connectivity index (χ0) is 12.7. The summed E-state index contributed by atoms with van der Waals surface area (Å²) in [5.41, 5.74) is 0.887. The van der Waals surface area contributed by atoms with Crippen molar-refractivity contribution < 1.29 is 14.8 Å². The van der Waals surface area contributed by atoms with Crippen LogP contribution in [-0.4, -0.2) is 15.9 Å². The molecule has 1 aromatic carbocycles. The predicted molar refractivity (Wildman–Crippen MR) is 71.2 cm³/mol. The van der Waals surface area contributed by atoms with Gasteiger partial charge in [-0.2, -0.15) is 0 Å². The quantitative estimate of drug-likeness (QED) is 0.558. The molecule has 18 heavy (non-hydrogen) atoms. The summed E-state index contributed by atoms with van der Waals surface area (Å²) >= 11 is 0. The molecule has 0 bridgehead atoms. The van der Waals surface area contributed by atoms with Gasteiger partial charge in [0.25, 0.3) is 0 Å². The highest BCUT2D eigenvalue weighted by molar-refractivity contribution is 7.55. The fraction of sp³-hybridized carbons (Fsp3) is 0.571. The van der Waals surface area contributed by atoms with E-state index < -0.39 is 7.80 Å². The molecule has 0 amide bonds. The van der Waals surface area contributed by atoms with E-state index >= 15 is 0 Å². The summed E-state index contributed by atoms with van der Waals surface area (Å²) in [6.07, 6.45) is 6.59. The van der Waals surface area contributed by atoms with Crippen LogP contribution < -0.4 is 5.30 Å². The van der Waals surface area contributed by atoms with Gasteiger partial charge in [-0.25, -0.2) is 0 Å². The first kappa shape index (κ1) is 12.0. The largest absolute Gasteiger partial charge is 0.507 e. The van der Waals surface area contributed by atoms with E-state index in [4.69, 9.17) is 0 Å². The molecule has 96 valence electrons. The van der Waals surface area contributed by atoms with Crippen molar-refractivity contribution in [2.45, 2.75) is 50.1 Å². The molecule has 3 atom stereocenters. The standard InChI is InChI=1S/C14H17O3P/c15-10-7-8-11(16)14-13(10)9-5-3-1-2-4-6-12(9)18(14)17/h7-9,12H,1-6H2,(H-,15,16,17)/p+1. The van der Waals surface area contributed by atoms with Crippen molar-refractivity contribution in [2.24, 2.45) is 0 Å². The molecule has 3 rings (SSSR count). The third-order valence-corrected chi connectivity index (χ3v) is 6.43. The van der Waals surface area contributed by atoms with Crippen LogP contribution in [0.25, 0.3) is 0 Å². The Hall–Kier alpha value is -1.08. The lowest BCUT2D eigenvalue weighted by atomic mass is 9.85. The maximum absolute atomic E-state index is 12.5. The number of fused-ring (bicyclic) bond motifs is 3. The van der Waals surface area contributed by atoms with E-state index in [1.807, 2.05) is 0 Å². The lowest BCUT2D eigenvalue weighted by molar-refractivity contribution is 0.428. The Morgan fingerprint density at radius 2 is 1.67 bits per heavy atom. The molecule has 1 fully saturated rings. The van der Waals surface area contributed by atoms with E-state index in [0.717, 1.165) is 31.2 Å². The minimum absolute atomic E-state index is 0.0932. The summed E-state index contributed by atoms with van der Waals surface area (Å²) in [5, 5.41) is 20.5. The van der Waals surface area contributed by atoms with Crippen LogP contribution in [0.5, 0.6) is 11.5 Å². The topological polar surface area (TPSA) is 57.5 Å². The van der Waals surface area contributed by atoms with Crippen LogP contribution in [-0.2, 0) is 4.57 Å². The van der Waals surface area contributed by atoms with Gasteiger partial charge in [0.15, 0.2) is 11.4 Å². The number of benzene rings is 1. The maximum atomic E-state index is 12.5. The summed E-state index contributed by atoms with van der Waals surface area (Å²) in [4.78, 5) is 0. The fourth-order valence-corrected chi connectivity index (χ4v) is 5.62. The highest BCUT2D eigenvalue weighted by atomic mass is 31.1. The molecule has 3 nitrogen and oxygen atoms in total. The van der Waals surface area contributed by atoms with Crippen LogP contribution in [0.4, 0.5) is 0 Å². The SMILES string of the molecule is O=[P+]1c2c(O)ccc(O)c2C2CCCCCCC21. The van der Waals surface area contributed by atoms with Gasteiger partial charge in [0.1, 0.15) is 5.75 Å². The molecule has 1 aliphatic heterocycles. The van der Waals surface area contributed by atoms with E-state index in [-0.39, 0.29) is 23.1 Å². The Balaban J connectivity index is 2.10. The van der Waals surface area contributed by atoms with Crippen LogP contribution in [0.15, 0.2) is 12.1 Å². The summed E-state index contributed by atoms with van der Waals surface area (Å²) in [6.45, 7) is 0. The van der Waals surface area contributed by atoms with E-state index in [1.54, 1.807) is 0 Å². The van der Waals surface area contributed by atoms with Gasteiger partial charge in [-0.1, -0.05) is 23.8 Å². The molecule has 0 radical (unpaired) electrons. The molecule has 0 saturated heterocycles. The Morgan fingerprint density at radius 1 is 1.00 bits per heavy atom. The van der Waals surface area contributed by atoms with E-state index in [2.05, 4.69) is 0 Å². The molecule has 2 N–H and O–H groups in total. The van der Waals surface area contributed by atoms with Crippen molar-refractivity contribution in [3.8, 4) is 11.5 Å². The summed E-state index contributed by atoms with van der Waals surface area (Å²) < 4.78 is 12.5.